The van der Waals surface area contributed by atoms with Gasteiger partial charge in [0, 0.05) is 19.5 Å². The maximum atomic E-state index is 13.2. The molecule has 5 heteroatoms. The smallest absolute Gasteiger partial charge is 0.416 e. The van der Waals surface area contributed by atoms with Gasteiger partial charge < -0.3 is 4.74 Å². The summed E-state index contributed by atoms with van der Waals surface area (Å²) >= 11 is 0. The molecule has 1 heterocycles. The van der Waals surface area contributed by atoms with Crippen LogP contribution in [0, 0.1) is 6.92 Å². The SMILES string of the molecule is Cc1ccc2c(c1)Cc1cccc(c1)CN(Cc1cccc(C(F)(F)F)c1)CCCCCO2. The number of halogens is 3. The predicted molar refractivity (Wildman–Crippen MR) is 125 cm³/mol. The van der Waals surface area contributed by atoms with E-state index in [0.717, 1.165) is 44.0 Å². The maximum absolute atomic E-state index is 13.2. The highest BCUT2D eigenvalue weighted by atomic mass is 19.4. The summed E-state index contributed by atoms with van der Waals surface area (Å²) in [5, 5.41) is 0. The van der Waals surface area contributed by atoms with Gasteiger partial charge in [0.05, 0.1) is 12.2 Å². The number of aryl methyl sites for hydroxylation is 1. The molecule has 1 aliphatic heterocycles. The third-order valence-electron chi connectivity index (χ3n) is 6.04. The van der Waals surface area contributed by atoms with Crippen molar-refractivity contribution in [2.24, 2.45) is 0 Å². The van der Waals surface area contributed by atoms with E-state index in [4.69, 9.17) is 4.74 Å². The topological polar surface area (TPSA) is 12.5 Å². The fraction of sp³-hybridized carbons (Fsp3) is 0.357. The molecule has 0 aliphatic carbocycles. The Bertz CT molecular complexity index is 1080. The van der Waals surface area contributed by atoms with Crippen molar-refractivity contribution < 1.29 is 17.9 Å². The number of alkyl halides is 3. The molecule has 1 aliphatic rings. The lowest BCUT2D eigenvalue weighted by Crippen LogP contribution is -2.24. The van der Waals surface area contributed by atoms with Gasteiger partial charge in [0.15, 0.2) is 0 Å². The van der Waals surface area contributed by atoms with Gasteiger partial charge in [-0.1, -0.05) is 60.2 Å². The number of fused-ring (bicyclic) bond motifs is 3. The molecule has 2 nitrogen and oxygen atoms in total. The minimum absolute atomic E-state index is 0.493. The molecule has 4 rings (SSSR count). The number of hydrogen-bond acceptors (Lipinski definition) is 2. The Kier molecular flexibility index (Phi) is 7.39. The predicted octanol–water partition coefficient (Wildman–Crippen LogP) is 7.17. The van der Waals surface area contributed by atoms with Crippen molar-refractivity contribution in [2.45, 2.75) is 51.9 Å². The second-order valence-corrected chi connectivity index (χ2v) is 8.93. The van der Waals surface area contributed by atoms with E-state index in [9.17, 15) is 13.2 Å². The largest absolute Gasteiger partial charge is 0.493 e. The number of nitrogens with zero attached hydrogens (tertiary/aromatic N) is 1. The molecule has 0 saturated carbocycles. The molecule has 0 amide bonds. The molecular weight excluding hydrogens is 423 g/mol. The van der Waals surface area contributed by atoms with Gasteiger partial charge in [-0.25, -0.2) is 0 Å². The fourth-order valence-corrected chi connectivity index (χ4v) is 4.42. The monoisotopic (exact) mass is 453 g/mol. The van der Waals surface area contributed by atoms with Crippen LogP contribution in [-0.2, 0) is 25.7 Å². The summed E-state index contributed by atoms with van der Waals surface area (Å²) in [6.45, 7) is 4.79. The Balaban J connectivity index is 1.57. The Morgan fingerprint density at radius 1 is 0.879 bits per heavy atom. The van der Waals surface area contributed by atoms with Crippen LogP contribution in [0.3, 0.4) is 0 Å². The molecule has 3 aromatic carbocycles. The molecule has 0 fully saturated rings. The lowest BCUT2D eigenvalue weighted by Gasteiger charge is -2.24. The summed E-state index contributed by atoms with van der Waals surface area (Å²) < 4.78 is 45.6. The van der Waals surface area contributed by atoms with E-state index in [-0.39, 0.29) is 0 Å². The van der Waals surface area contributed by atoms with Crippen LogP contribution < -0.4 is 4.74 Å². The normalized spacial score (nSPS) is 15.9. The fourth-order valence-electron chi connectivity index (χ4n) is 4.42. The van der Waals surface area contributed by atoms with Gasteiger partial charge in [0.25, 0.3) is 0 Å². The van der Waals surface area contributed by atoms with Crippen LogP contribution in [0.25, 0.3) is 0 Å². The average molecular weight is 454 g/mol. The van der Waals surface area contributed by atoms with E-state index in [2.05, 4.69) is 54.3 Å². The standard InChI is InChI=1S/C28H30F3NO/c1-21-11-12-27-25(15-21)17-22-7-5-8-23(16-22)19-32(13-3-2-4-14-33-27)20-24-9-6-10-26(18-24)28(29,30)31/h5-12,15-16,18H,2-4,13-14,17,19-20H2,1H3. The van der Waals surface area contributed by atoms with Crippen LogP contribution in [0.5, 0.6) is 5.75 Å². The molecule has 0 saturated heterocycles. The van der Waals surface area contributed by atoms with Crippen molar-refractivity contribution in [3.8, 4) is 5.75 Å². The lowest BCUT2D eigenvalue weighted by atomic mass is 10.00. The maximum Gasteiger partial charge on any atom is 0.416 e. The molecule has 0 atom stereocenters. The molecule has 33 heavy (non-hydrogen) atoms. The van der Waals surface area contributed by atoms with Crippen molar-refractivity contribution in [1.29, 1.82) is 0 Å². The second kappa shape index (κ2) is 10.4. The van der Waals surface area contributed by atoms with Crippen LogP contribution in [-0.4, -0.2) is 18.1 Å². The summed E-state index contributed by atoms with van der Waals surface area (Å²) in [6, 6.07) is 20.5. The number of hydrogen-bond donors (Lipinski definition) is 0. The molecule has 0 spiro atoms. The Hall–Kier alpha value is -2.79. The highest BCUT2D eigenvalue weighted by Crippen LogP contribution is 2.30. The molecule has 174 valence electrons. The van der Waals surface area contributed by atoms with Gasteiger partial charge in [-0.05, 0) is 67.1 Å². The van der Waals surface area contributed by atoms with Gasteiger partial charge in [0.2, 0.25) is 0 Å². The van der Waals surface area contributed by atoms with E-state index in [0.29, 0.717) is 25.3 Å². The summed E-state index contributed by atoms with van der Waals surface area (Å²) in [7, 11) is 0. The quantitative estimate of drug-likeness (QED) is 0.408. The van der Waals surface area contributed by atoms with Crippen molar-refractivity contribution in [3.05, 3.63) is 100 Å². The molecular formula is C28H30F3NO. The van der Waals surface area contributed by atoms with Crippen molar-refractivity contribution in [2.75, 3.05) is 13.2 Å². The second-order valence-electron chi connectivity index (χ2n) is 8.93. The average Bonchev–Trinajstić information content (AvgIpc) is 2.77. The van der Waals surface area contributed by atoms with E-state index < -0.39 is 11.7 Å². The van der Waals surface area contributed by atoms with Crippen molar-refractivity contribution in [3.63, 3.8) is 0 Å². The zero-order chi connectivity index (χ0) is 23.3. The van der Waals surface area contributed by atoms with Gasteiger partial charge in [-0.2, -0.15) is 13.2 Å². The Morgan fingerprint density at radius 3 is 2.55 bits per heavy atom. The first kappa shape index (κ1) is 23.4. The zero-order valence-corrected chi connectivity index (χ0v) is 19.0. The number of benzene rings is 3. The van der Waals surface area contributed by atoms with E-state index in [1.54, 1.807) is 6.07 Å². The summed E-state index contributed by atoms with van der Waals surface area (Å²) in [5.74, 6) is 0.953. The molecule has 0 N–H and O–H groups in total. The minimum Gasteiger partial charge on any atom is -0.493 e. The number of ether oxygens (including phenoxy) is 1. The van der Waals surface area contributed by atoms with Gasteiger partial charge in [-0.3, -0.25) is 4.90 Å². The van der Waals surface area contributed by atoms with Gasteiger partial charge in [0.1, 0.15) is 5.75 Å². The first-order valence-electron chi connectivity index (χ1n) is 11.6. The van der Waals surface area contributed by atoms with Gasteiger partial charge >= 0.3 is 6.18 Å². The summed E-state index contributed by atoms with van der Waals surface area (Å²) in [6.07, 6.45) is -0.588. The summed E-state index contributed by atoms with van der Waals surface area (Å²) in [5.41, 5.74) is 4.88. The first-order valence-corrected chi connectivity index (χ1v) is 11.6. The van der Waals surface area contributed by atoms with Gasteiger partial charge in [-0.15, -0.1) is 0 Å². The highest BCUT2D eigenvalue weighted by molar-refractivity contribution is 5.41. The van der Waals surface area contributed by atoms with Crippen LogP contribution in [0.15, 0.2) is 66.7 Å². The molecule has 2 bridgehead atoms. The Labute approximate surface area is 194 Å². The van der Waals surface area contributed by atoms with Crippen LogP contribution in [0.2, 0.25) is 0 Å². The zero-order valence-electron chi connectivity index (χ0n) is 19.0. The van der Waals surface area contributed by atoms with E-state index in [1.165, 1.54) is 34.4 Å². The lowest BCUT2D eigenvalue weighted by molar-refractivity contribution is -0.137. The molecule has 0 radical (unpaired) electrons. The molecule has 0 aromatic heterocycles. The van der Waals surface area contributed by atoms with E-state index >= 15 is 0 Å². The van der Waals surface area contributed by atoms with E-state index in [1.807, 2.05) is 0 Å². The Morgan fingerprint density at radius 2 is 1.70 bits per heavy atom. The third-order valence-corrected chi connectivity index (χ3v) is 6.04. The third kappa shape index (κ3) is 6.61. The van der Waals surface area contributed by atoms with Crippen LogP contribution >= 0.6 is 0 Å². The minimum atomic E-state index is -4.32. The van der Waals surface area contributed by atoms with Crippen molar-refractivity contribution >= 4 is 0 Å². The molecule has 0 unspecified atom stereocenters. The first-order chi connectivity index (χ1) is 15.9. The highest BCUT2D eigenvalue weighted by Gasteiger charge is 2.30. The van der Waals surface area contributed by atoms with Crippen LogP contribution in [0.4, 0.5) is 13.2 Å². The summed E-state index contributed by atoms with van der Waals surface area (Å²) in [4.78, 5) is 2.25. The molecule has 3 aromatic rings. The van der Waals surface area contributed by atoms with Crippen LogP contribution in [0.1, 0.15) is 52.6 Å². The number of rotatable bonds is 2. The van der Waals surface area contributed by atoms with Crippen molar-refractivity contribution in [1.82, 2.24) is 4.90 Å².